The van der Waals surface area contributed by atoms with Gasteiger partial charge in [-0.1, -0.05) is 109 Å². The Balaban J connectivity index is 1.06. The van der Waals surface area contributed by atoms with E-state index in [0.717, 1.165) is 46.1 Å². The van der Waals surface area contributed by atoms with Crippen LogP contribution < -0.4 is 0 Å². The molecule has 3 unspecified atom stereocenters. The van der Waals surface area contributed by atoms with E-state index in [0.29, 0.717) is 50.7 Å². The van der Waals surface area contributed by atoms with Gasteiger partial charge in [-0.3, -0.25) is 0 Å². The van der Waals surface area contributed by atoms with Gasteiger partial charge in [0.05, 0.1) is 8.22 Å². The number of thioether (sulfide) groups is 1. The predicted molar refractivity (Wildman–Crippen MR) is 218 cm³/mol. The quantitative estimate of drug-likeness (QED) is 0.178. The molecule has 0 spiro atoms. The van der Waals surface area contributed by atoms with Crippen LogP contribution in [0.4, 0.5) is 0 Å². The van der Waals surface area contributed by atoms with E-state index in [9.17, 15) is 1.37 Å². The van der Waals surface area contributed by atoms with E-state index in [1.807, 2.05) is 92.3 Å². The maximum absolute atomic E-state index is 9.19. The first-order valence-electron chi connectivity index (χ1n) is 21.2. The van der Waals surface area contributed by atoms with Gasteiger partial charge in [-0.2, -0.15) is 0 Å². The summed E-state index contributed by atoms with van der Waals surface area (Å²) in [6, 6.07) is 29.9. The third-order valence-electron chi connectivity index (χ3n) is 11.1. The minimum absolute atomic E-state index is 0.0392. The molecule has 0 saturated heterocycles. The third-order valence-corrected chi connectivity index (χ3v) is 12.5. The van der Waals surface area contributed by atoms with Crippen LogP contribution in [0.2, 0.25) is 0 Å². The molecule has 0 N–H and O–H groups in total. The molecule has 1 aliphatic carbocycles. The van der Waals surface area contributed by atoms with E-state index in [-0.39, 0.29) is 58.9 Å². The van der Waals surface area contributed by atoms with Gasteiger partial charge in [-0.05, 0) is 103 Å². The van der Waals surface area contributed by atoms with Crippen molar-refractivity contribution in [1.82, 2.24) is 15.0 Å². The highest BCUT2D eigenvalue weighted by atomic mass is 32.2. The number of aromatic nitrogens is 3. The van der Waals surface area contributed by atoms with Crippen LogP contribution in [-0.4, -0.2) is 20.2 Å². The Morgan fingerprint density at radius 3 is 2.13 bits per heavy atom. The number of rotatable bonds is 5. The normalized spacial score (nSPS) is 19.6. The van der Waals surface area contributed by atoms with Gasteiger partial charge in [0.15, 0.2) is 11.6 Å². The Kier molecular flexibility index (Phi) is 6.37. The fourth-order valence-corrected chi connectivity index (χ4v) is 9.88. The molecular weight excluding hydrogens is 667 g/mol. The van der Waals surface area contributed by atoms with Crippen molar-refractivity contribution in [1.29, 1.82) is 0 Å². The number of furan rings is 1. The van der Waals surface area contributed by atoms with Crippen molar-refractivity contribution < 1.29 is 12.6 Å². The summed E-state index contributed by atoms with van der Waals surface area (Å²) >= 11 is 2.00. The lowest BCUT2D eigenvalue weighted by atomic mass is 9.75. The first kappa shape index (κ1) is 26.3. The number of hydrogen-bond acceptors (Lipinski definition) is 5. The topological polar surface area (TPSA) is 51.8 Å². The van der Waals surface area contributed by atoms with E-state index < -0.39 is 0 Å². The van der Waals surface area contributed by atoms with Crippen molar-refractivity contribution in [2.24, 2.45) is 0 Å². The average Bonchev–Trinajstić information content (AvgIpc) is 3.83. The highest BCUT2D eigenvalue weighted by Gasteiger charge is 2.43. The summed E-state index contributed by atoms with van der Waals surface area (Å²) in [6.45, 7) is 5.29. The first-order chi connectivity index (χ1) is 28.5. The Labute approximate surface area is 322 Å². The van der Waals surface area contributed by atoms with Gasteiger partial charge in [-0.25, -0.2) is 15.0 Å². The molecule has 0 bridgehead atoms. The van der Waals surface area contributed by atoms with E-state index in [1.165, 1.54) is 16.9 Å². The summed E-state index contributed by atoms with van der Waals surface area (Å²) in [5.41, 5.74) is 7.82. The second kappa shape index (κ2) is 12.9. The van der Waals surface area contributed by atoms with Gasteiger partial charge in [-0.15, -0.1) is 11.8 Å². The van der Waals surface area contributed by atoms with Crippen LogP contribution in [0.3, 0.4) is 0 Å². The standard InChI is InChI=1S/C48H39N3OS/c1-28-11-9-14-32(25-28)35-23-24-36(30(3)29(35)2)33-19-21-37-38-22-20-34(27-42(38)52-41(37)26-33)47-49-46(31-12-5-4-6-13-31)50-48(51-47)40-16-10-18-44-45(40)39-15-7-8-17-43(39)53-44/h4-9,11-15,17,19-27,40,44-45H,10,16,18H2,1-3H3/i9D,11D,14D,23D,24D,25D. The Hall–Kier alpha value is -5.52. The molecular formula is C48H39N3OS. The van der Waals surface area contributed by atoms with Crippen molar-refractivity contribution in [3.63, 3.8) is 0 Å². The highest BCUT2D eigenvalue weighted by molar-refractivity contribution is 8.00. The summed E-state index contributed by atoms with van der Waals surface area (Å²) in [4.78, 5) is 16.8. The maximum atomic E-state index is 9.19. The number of fused-ring (bicyclic) bond motifs is 6. The molecule has 1 fully saturated rings. The molecule has 4 nitrogen and oxygen atoms in total. The average molecular weight is 712 g/mol. The fraction of sp³-hybridized carbons (Fsp3) is 0.188. The number of nitrogens with zero attached hydrogens (tertiary/aromatic N) is 3. The molecule has 2 aromatic heterocycles. The molecule has 3 atom stereocenters. The van der Waals surface area contributed by atoms with Crippen LogP contribution in [0.15, 0.2) is 137 Å². The summed E-state index contributed by atoms with van der Waals surface area (Å²) in [5, 5.41) is 2.35. The molecule has 258 valence electrons. The largest absolute Gasteiger partial charge is 0.456 e. The third kappa shape index (κ3) is 5.57. The Morgan fingerprint density at radius 1 is 0.660 bits per heavy atom. The van der Waals surface area contributed by atoms with Gasteiger partial charge in [0.1, 0.15) is 17.0 Å². The van der Waals surface area contributed by atoms with Crippen molar-refractivity contribution in [2.45, 2.75) is 62.0 Å². The SMILES string of the molecule is [2H]c1c([2H])c(C)c([2H])c(-c2c([2H])c([2H])c(-c3ccc4c(c3)oc3cc(-c5nc(-c6ccccc6)nc(C6CCCC7Sc8ccccc8C76)n5)ccc34)c(C)c2C)c1[2H]. The Bertz CT molecular complexity index is 2980. The van der Waals surface area contributed by atoms with Crippen LogP contribution in [0.5, 0.6) is 0 Å². The second-order valence-corrected chi connectivity index (χ2v) is 15.5. The minimum atomic E-state index is -0.289. The van der Waals surface area contributed by atoms with Crippen LogP contribution in [0.25, 0.3) is 67.0 Å². The molecule has 1 saturated carbocycles. The second-order valence-electron chi connectivity index (χ2n) is 14.2. The summed E-state index contributed by atoms with van der Waals surface area (Å²) in [7, 11) is 0. The summed E-state index contributed by atoms with van der Waals surface area (Å²) in [6.07, 6.45) is 3.32. The zero-order valence-corrected chi connectivity index (χ0v) is 30.5. The monoisotopic (exact) mass is 711 g/mol. The van der Waals surface area contributed by atoms with Crippen molar-refractivity contribution >= 4 is 33.7 Å². The molecule has 10 rings (SSSR count). The summed E-state index contributed by atoms with van der Waals surface area (Å²) < 4.78 is 58.8. The van der Waals surface area contributed by atoms with Gasteiger partial charge >= 0.3 is 0 Å². The lowest BCUT2D eigenvalue weighted by Crippen LogP contribution is -2.25. The minimum Gasteiger partial charge on any atom is -0.456 e. The molecule has 3 heterocycles. The van der Waals surface area contributed by atoms with E-state index in [2.05, 4.69) is 24.3 Å². The molecule has 6 aromatic carbocycles. The van der Waals surface area contributed by atoms with Gasteiger partial charge in [0.2, 0.25) is 0 Å². The smallest absolute Gasteiger partial charge is 0.163 e. The number of hydrogen-bond donors (Lipinski definition) is 0. The van der Waals surface area contributed by atoms with Crippen LogP contribution in [0, 0.1) is 20.8 Å². The van der Waals surface area contributed by atoms with E-state index in [4.69, 9.17) is 26.2 Å². The lowest BCUT2D eigenvalue weighted by Gasteiger charge is -2.33. The van der Waals surface area contributed by atoms with Crippen molar-refractivity contribution in [2.75, 3.05) is 0 Å². The van der Waals surface area contributed by atoms with Crippen molar-refractivity contribution in [3.05, 3.63) is 155 Å². The molecule has 0 amide bonds. The van der Waals surface area contributed by atoms with Crippen molar-refractivity contribution in [3.8, 4) is 45.0 Å². The van der Waals surface area contributed by atoms with Crippen LogP contribution >= 0.6 is 11.8 Å². The molecule has 5 heteroatoms. The van der Waals surface area contributed by atoms with E-state index >= 15 is 0 Å². The molecule has 8 aromatic rings. The van der Waals surface area contributed by atoms with Gasteiger partial charge in [0.25, 0.3) is 0 Å². The Morgan fingerprint density at radius 2 is 1.34 bits per heavy atom. The van der Waals surface area contributed by atoms with Gasteiger partial charge < -0.3 is 4.42 Å². The predicted octanol–water partition coefficient (Wildman–Crippen LogP) is 12.9. The molecule has 0 radical (unpaired) electrons. The molecule has 2 aliphatic rings. The number of benzene rings is 6. The fourth-order valence-electron chi connectivity index (χ4n) is 8.29. The first-order valence-corrected chi connectivity index (χ1v) is 19.1. The van der Waals surface area contributed by atoms with Crippen LogP contribution in [0.1, 0.15) is 67.4 Å². The molecule has 1 aliphatic heterocycles. The van der Waals surface area contributed by atoms with Gasteiger partial charge in [0, 0.05) is 43.9 Å². The lowest BCUT2D eigenvalue weighted by molar-refractivity contribution is 0.387. The zero-order valence-electron chi connectivity index (χ0n) is 35.7. The van der Waals surface area contributed by atoms with Crippen LogP contribution in [-0.2, 0) is 0 Å². The van der Waals surface area contributed by atoms with E-state index in [1.54, 1.807) is 6.92 Å². The zero-order chi connectivity index (χ0) is 40.9. The summed E-state index contributed by atoms with van der Waals surface area (Å²) in [5.74, 6) is 2.59. The maximum Gasteiger partial charge on any atom is 0.163 e. The highest BCUT2D eigenvalue weighted by Crippen LogP contribution is 2.56. The molecule has 53 heavy (non-hydrogen) atoms.